The highest BCUT2D eigenvalue weighted by molar-refractivity contribution is 5.92. The lowest BCUT2D eigenvalue weighted by Crippen LogP contribution is -2.48. The lowest BCUT2D eigenvalue weighted by Gasteiger charge is -2.37. The fraction of sp³-hybridized carbons (Fsp3) is 0.458. The van der Waals surface area contributed by atoms with Gasteiger partial charge >= 0.3 is 0 Å². The number of carbonyl (C=O) groups excluding carboxylic acids is 1. The molecule has 0 radical (unpaired) electrons. The van der Waals surface area contributed by atoms with Crippen molar-refractivity contribution in [2.24, 2.45) is 0 Å². The van der Waals surface area contributed by atoms with Gasteiger partial charge in [0.2, 0.25) is 5.91 Å². The number of nitrogens with zero attached hydrogens (tertiary/aromatic N) is 3. The first-order chi connectivity index (χ1) is 15.0. The molecule has 1 amide bonds. The Hall–Kier alpha value is -2.77. The number of piperazine rings is 1. The maximum absolute atomic E-state index is 12.5. The van der Waals surface area contributed by atoms with Gasteiger partial charge in [0.15, 0.2) is 0 Å². The number of hydrogen-bond acceptors (Lipinski definition) is 6. The number of benzene rings is 2. The fourth-order valence-corrected chi connectivity index (χ4v) is 4.43. The zero-order valence-corrected chi connectivity index (χ0v) is 18.3. The van der Waals surface area contributed by atoms with E-state index in [1.807, 2.05) is 30.3 Å². The van der Waals surface area contributed by atoms with Crippen LogP contribution in [0.3, 0.4) is 0 Å². The van der Waals surface area contributed by atoms with Crippen LogP contribution in [0.25, 0.3) is 0 Å². The van der Waals surface area contributed by atoms with E-state index >= 15 is 0 Å². The van der Waals surface area contributed by atoms with Gasteiger partial charge in [0.1, 0.15) is 5.75 Å². The molecule has 2 aromatic carbocycles. The summed E-state index contributed by atoms with van der Waals surface area (Å²) in [6.45, 7) is 9.47. The summed E-state index contributed by atoms with van der Waals surface area (Å²) in [5.74, 6) is 0.301. The molecule has 2 fully saturated rings. The minimum atomic E-state index is -0.00243. The number of ether oxygens (including phenoxy) is 1. The summed E-state index contributed by atoms with van der Waals surface area (Å²) in [6.07, 6.45) is 0.434. The molecule has 2 aromatic rings. The van der Waals surface area contributed by atoms with E-state index in [4.69, 9.17) is 4.74 Å². The number of anilines is 3. The largest absolute Gasteiger partial charge is 0.506 e. The fourth-order valence-electron chi connectivity index (χ4n) is 4.43. The Morgan fingerprint density at radius 1 is 0.968 bits per heavy atom. The third-order valence-electron chi connectivity index (χ3n) is 5.90. The second-order valence-corrected chi connectivity index (χ2v) is 8.51. The molecule has 2 aliphatic heterocycles. The van der Waals surface area contributed by atoms with Gasteiger partial charge in [-0.1, -0.05) is 12.1 Å². The molecule has 166 valence electrons. The number of para-hydroxylation sites is 2. The Balaban J connectivity index is 1.25. The summed E-state index contributed by atoms with van der Waals surface area (Å²) < 4.78 is 5.81. The molecule has 0 aromatic heterocycles. The van der Waals surface area contributed by atoms with Crippen molar-refractivity contribution in [1.82, 2.24) is 4.90 Å². The van der Waals surface area contributed by atoms with Crippen LogP contribution >= 0.6 is 0 Å². The van der Waals surface area contributed by atoms with Crippen molar-refractivity contribution in [1.29, 1.82) is 0 Å². The van der Waals surface area contributed by atoms with Gasteiger partial charge in [-0.2, -0.15) is 0 Å². The normalized spacial score (nSPS) is 22.4. The third kappa shape index (κ3) is 5.48. The molecule has 2 N–H and O–H groups in total. The minimum absolute atomic E-state index is 0.00243. The van der Waals surface area contributed by atoms with Crippen LogP contribution in [-0.4, -0.2) is 73.9 Å². The lowest BCUT2D eigenvalue weighted by atomic mass is 10.2. The van der Waals surface area contributed by atoms with Gasteiger partial charge in [0.05, 0.1) is 24.4 Å². The average Bonchev–Trinajstić information content (AvgIpc) is 2.74. The molecule has 0 saturated carbocycles. The van der Waals surface area contributed by atoms with Crippen LogP contribution < -0.4 is 15.1 Å². The van der Waals surface area contributed by atoms with Crippen molar-refractivity contribution >= 4 is 23.0 Å². The average molecular weight is 425 g/mol. The monoisotopic (exact) mass is 424 g/mol. The van der Waals surface area contributed by atoms with Gasteiger partial charge in [-0.25, -0.2) is 0 Å². The van der Waals surface area contributed by atoms with E-state index in [0.717, 1.165) is 56.3 Å². The first-order valence-corrected chi connectivity index (χ1v) is 11.0. The number of phenols is 1. The predicted octanol–water partition coefficient (Wildman–Crippen LogP) is 2.77. The Labute approximate surface area is 184 Å². The predicted molar refractivity (Wildman–Crippen MR) is 124 cm³/mol. The summed E-state index contributed by atoms with van der Waals surface area (Å²) in [6, 6.07) is 15.5. The minimum Gasteiger partial charge on any atom is -0.506 e. The number of carbonyl (C=O) groups is 1. The van der Waals surface area contributed by atoms with Crippen LogP contribution in [0.5, 0.6) is 5.75 Å². The number of morpholine rings is 1. The van der Waals surface area contributed by atoms with Crippen LogP contribution in [0.2, 0.25) is 0 Å². The molecular weight excluding hydrogens is 392 g/mol. The molecule has 2 saturated heterocycles. The summed E-state index contributed by atoms with van der Waals surface area (Å²) in [4.78, 5) is 19.2. The summed E-state index contributed by atoms with van der Waals surface area (Å²) in [5.41, 5.74) is 2.83. The number of phenolic OH excluding ortho intramolecular Hbond substituents is 1. The first-order valence-electron chi connectivity index (χ1n) is 11.0. The quantitative estimate of drug-likeness (QED) is 0.769. The smallest absolute Gasteiger partial charge is 0.238 e. The molecule has 4 rings (SSSR count). The second-order valence-electron chi connectivity index (χ2n) is 8.51. The third-order valence-corrected chi connectivity index (χ3v) is 5.90. The van der Waals surface area contributed by atoms with Crippen molar-refractivity contribution in [3.05, 3.63) is 48.5 Å². The molecule has 7 heteroatoms. The Morgan fingerprint density at radius 3 is 2.26 bits per heavy atom. The van der Waals surface area contributed by atoms with E-state index < -0.39 is 0 Å². The topological polar surface area (TPSA) is 68.3 Å². The SMILES string of the molecule is CC1CN(c2ccc(NC(=O)CN3CCN(c4ccccc4O)CC3)cc2)CC(C)O1. The molecule has 0 spiro atoms. The van der Waals surface area contributed by atoms with Gasteiger partial charge in [-0.05, 0) is 50.2 Å². The van der Waals surface area contributed by atoms with E-state index in [1.54, 1.807) is 6.07 Å². The molecule has 7 nitrogen and oxygen atoms in total. The van der Waals surface area contributed by atoms with E-state index in [2.05, 4.69) is 46.0 Å². The molecular formula is C24H32N4O3. The van der Waals surface area contributed by atoms with Crippen LogP contribution in [0, 0.1) is 0 Å². The van der Waals surface area contributed by atoms with Crippen molar-refractivity contribution < 1.29 is 14.6 Å². The molecule has 2 aliphatic rings. The molecule has 2 unspecified atom stereocenters. The molecule has 2 heterocycles. The van der Waals surface area contributed by atoms with Gasteiger partial charge in [0, 0.05) is 50.6 Å². The Morgan fingerprint density at radius 2 is 1.61 bits per heavy atom. The van der Waals surface area contributed by atoms with Gasteiger partial charge in [-0.15, -0.1) is 0 Å². The highest BCUT2D eigenvalue weighted by Crippen LogP contribution is 2.27. The van der Waals surface area contributed by atoms with E-state index in [9.17, 15) is 9.90 Å². The molecule has 0 bridgehead atoms. The van der Waals surface area contributed by atoms with Crippen molar-refractivity contribution in [3.63, 3.8) is 0 Å². The summed E-state index contributed by atoms with van der Waals surface area (Å²) in [5, 5.41) is 13.0. The van der Waals surface area contributed by atoms with E-state index in [-0.39, 0.29) is 18.1 Å². The highest BCUT2D eigenvalue weighted by Gasteiger charge is 2.23. The maximum Gasteiger partial charge on any atom is 0.238 e. The lowest BCUT2D eigenvalue weighted by molar-refractivity contribution is -0.117. The Kier molecular flexibility index (Phi) is 6.63. The van der Waals surface area contributed by atoms with Crippen molar-refractivity contribution in [3.8, 4) is 5.75 Å². The molecule has 2 atom stereocenters. The van der Waals surface area contributed by atoms with E-state index in [0.29, 0.717) is 12.3 Å². The highest BCUT2D eigenvalue weighted by atomic mass is 16.5. The van der Waals surface area contributed by atoms with Gasteiger partial charge in [0.25, 0.3) is 0 Å². The van der Waals surface area contributed by atoms with Crippen LogP contribution in [-0.2, 0) is 9.53 Å². The van der Waals surface area contributed by atoms with Crippen molar-refractivity contribution in [2.75, 3.05) is 60.9 Å². The zero-order chi connectivity index (χ0) is 21.8. The number of amides is 1. The summed E-state index contributed by atoms with van der Waals surface area (Å²) >= 11 is 0. The van der Waals surface area contributed by atoms with Crippen LogP contribution in [0.15, 0.2) is 48.5 Å². The second kappa shape index (κ2) is 9.58. The van der Waals surface area contributed by atoms with Crippen LogP contribution in [0.4, 0.5) is 17.1 Å². The van der Waals surface area contributed by atoms with Gasteiger partial charge < -0.3 is 25.0 Å². The Bertz CT molecular complexity index is 871. The number of aromatic hydroxyl groups is 1. The molecule has 0 aliphatic carbocycles. The first kappa shape index (κ1) is 21.5. The number of nitrogens with one attached hydrogen (secondary N) is 1. The van der Waals surface area contributed by atoms with E-state index in [1.165, 1.54) is 0 Å². The molecule has 31 heavy (non-hydrogen) atoms. The van der Waals surface area contributed by atoms with Crippen LogP contribution in [0.1, 0.15) is 13.8 Å². The number of rotatable bonds is 5. The number of hydrogen-bond donors (Lipinski definition) is 2. The summed E-state index contributed by atoms with van der Waals surface area (Å²) in [7, 11) is 0. The maximum atomic E-state index is 12.5. The zero-order valence-electron chi connectivity index (χ0n) is 18.3. The van der Waals surface area contributed by atoms with Gasteiger partial charge in [-0.3, -0.25) is 9.69 Å². The van der Waals surface area contributed by atoms with Crippen molar-refractivity contribution in [2.45, 2.75) is 26.1 Å². The standard InChI is InChI=1S/C24H32N4O3/c1-18-15-28(16-19(2)31-18)21-9-7-20(8-10-21)25-24(30)17-26-11-13-27(14-12-26)22-5-3-4-6-23(22)29/h3-10,18-19,29H,11-17H2,1-2H3,(H,25,30).